The first-order valence-corrected chi connectivity index (χ1v) is 7.22. The second kappa shape index (κ2) is 7.26. The molecule has 6 heteroatoms. The van der Waals surface area contributed by atoms with E-state index in [2.05, 4.69) is 5.32 Å². The molecule has 0 fully saturated rings. The van der Waals surface area contributed by atoms with Crippen LogP contribution in [0.25, 0.3) is 0 Å². The van der Waals surface area contributed by atoms with Gasteiger partial charge in [0, 0.05) is 12.6 Å². The molecule has 1 atom stereocenters. The van der Waals surface area contributed by atoms with Gasteiger partial charge in [-0.25, -0.2) is 9.59 Å². The van der Waals surface area contributed by atoms with Crippen molar-refractivity contribution in [3.63, 3.8) is 0 Å². The molecule has 0 saturated carbocycles. The minimum absolute atomic E-state index is 0.217. The zero-order valence-electron chi connectivity index (χ0n) is 13.5. The molecular formula is C16H24N2O4. The van der Waals surface area contributed by atoms with E-state index in [1.54, 1.807) is 32.9 Å². The van der Waals surface area contributed by atoms with Gasteiger partial charge in [0.25, 0.3) is 0 Å². The Bertz CT molecular complexity index is 550. The molecule has 1 unspecified atom stereocenters. The Morgan fingerprint density at radius 3 is 2.50 bits per heavy atom. The molecule has 0 aliphatic carbocycles. The maximum atomic E-state index is 11.6. The third-order valence-electron chi connectivity index (χ3n) is 3.04. The highest BCUT2D eigenvalue weighted by Gasteiger charge is 2.18. The lowest BCUT2D eigenvalue weighted by Crippen LogP contribution is -2.36. The number of rotatable bonds is 5. The zero-order valence-corrected chi connectivity index (χ0v) is 13.5. The van der Waals surface area contributed by atoms with Gasteiger partial charge in [0.15, 0.2) is 0 Å². The van der Waals surface area contributed by atoms with E-state index in [9.17, 15) is 9.59 Å². The molecule has 0 bridgehead atoms. The number of nitrogens with one attached hydrogen (secondary N) is 1. The van der Waals surface area contributed by atoms with Gasteiger partial charge in [-0.05, 0) is 50.5 Å². The van der Waals surface area contributed by atoms with Gasteiger partial charge in [-0.1, -0.05) is 13.0 Å². The largest absolute Gasteiger partial charge is 0.478 e. The smallest absolute Gasteiger partial charge is 0.407 e. The molecule has 1 amide bonds. The fraction of sp³-hybridized carbons (Fsp3) is 0.500. The zero-order chi connectivity index (χ0) is 16.9. The molecule has 0 saturated heterocycles. The number of alkyl carbamates (subject to hydrolysis) is 1. The van der Waals surface area contributed by atoms with Crippen LogP contribution >= 0.6 is 0 Å². The van der Waals surface area contributed by atoms with Crippen molar-refractivity contribution in [3.05, 3.63) is 34.9 Å². The van der Waals surface area contributed by atoms with Crippen molar-refractivity contribution >= 4 is 12.1 Å². The number of hydrogen-bond donors (Lipinski definition) is 3. The quantitative estimate of drug-likeness (QED) is 0.775. The second-order valence-corrected chi connectivity index (χ2v) is 6.06. The van der Waals surface area contributed by atoms with E-state index in [4.69, 9.17) is 15.6 Å². The molecule has 0 aliphatic heterocycles. The van der Waals surface area contributed by atoms with Gasteiger partial charge in [-0.2, -0.15) is 0 Å². The molecule has 122 valence electrons. The number of benzene rings is 1. The Labute approximate surface area is 130 Å². The first-order chi connectivity index (χ1) is 10.1. The third kappa shape index (κ3) is 5.37. The average molecular weight is 308 g/mol. The summed E-state index contributed by atoms with van der Waals surface area (Å²) in [5.41, 5.74) is 7.44. The molecule has 4 N–H and O–H groups in total. The first-order valence-electron chi connectivity index (χ1n) is 7.22. The molecule has 0 aliphatic rings. The Balaban J connectivity index is 2.75. The van der Waals surface area contributed by atoms with Crippen molar-refractivity contribution in [2.24, 2.45) is 5.73 Å². The highest BCUT2D eigenvalue weighted by atomic mass is 16.6. The van der Waals surface area contributed by atoms with Crippen LogP contribution in [0.1, 0.15) is 55.2 Å². The van der Waals surface area contributed by atoms with Crippen molar-refractivity contribution in [1.82, 2.24) is 5.32 Å². The summed E-state index contributed by atoms with van der Waals surface area (Å²) in [4.78, 5) is 22.6. The first kappa shape index (κ1) is 18.0. The molecule has 6 nitrogen and oxygen atoms in total. The van der Waals surface area contributed by atoms with Gasteiger partial charge in [0.2, 0.25) is 0 Å². The Kier molecular flexibility index (Phi) is 5.93. The number of aryl methyl sites for hydroxylation is 1. The minimum atomic E-state index is -0.971. The van der Waals surface area contributed by atoms with E-state index in [0.29, 0.717) is 6.42 Å². The Morgan fingerprint density at radius 2 is 2.00 bits per heavy atom. The maximum Gasteiger partial charge on any atom is 0.407 e. The van der Waals surface area contributed by atoms with Crippen molar-refractivity contribution in [1.29, 1.82) is 0 Å². The number of carboxylic acid groups (broad SMARTS) is 1. The molecule has 0 aromatic heterocycles. The molecular weight excluding hydrogens is 284 g/mol. The fourth-order valence-corrected chi connectivity index (χ4v) is 2.02. The summed E-state index contributed by atoms with van der Waals surface area (Å²) >= 11 is 0. The summed E-state index contributed by atoms with van der Waals surface area (Å²) in [5, 5.41) is 11.6. The highest BCUT2D eigenvalue weighted by Crippen LogP contribution is 2.19. The van der Waals surface area contributed by atoms with Crippen LogP contribution in [0.2, 0.25) is 0 Å². The SMILES string of the molecule is CCc1cc(C(=O)O)ccc1C(N)CNC(=O)OC(C)(C)C. The normalized spacial score (nSPS) is 12.6. The van der Waals surface area contributed by atoms with Gasteiger partial charge in [-0.3, -0.25) is 0 Å². The topological polar surface area (TPSA) is 102 Å². The summed E-state index contributed by atoms with van der Waals surface area (Å²) in [6, 6.07) is 4.41. The Morgan fingerprint density at radius 1 is 1.36 bits per heavy atom. The lowest BCUT2D eigenvalue weighted by atomic mass is 9.96. The van der Waals surface area contributed by atoms with Crippen molar-refractivity contribution in [2.75, 3.05) is 6.54 Å². The number of carbonyl (C=O) groups excluding carboxylic acids is 1. The van der Waals surface area contributed by atoms with Crippen molar-refractivity contribution in [2.45, 2.75) is 45.8 Å². The van der Waals surface area contributed by atoms with Gasteiger partial charge in [0.1, 0.15) is 5.60 Å². The highest BCUT2D eigenvalue weighted by molar-refractivity contribution is 5.87. The summed E-state index contributed by atoms with van der Waals surface area (Å²) in [7, 11) is 0. The minimum Gasteiger partial charge on any atom is -0.478 e. The summed E-state index contributed by atoms with van der Waals surface area (Å²) in [6.45, 7) is 7.50. The third-order valence-corrected chi connectivity index (χ3v) is 3.04. The number of amides is 1. The van der Waals surface area contributed by atoms with Gasteiger partial charge in [0.05, 0.1) is 5.56 Å². The standard InChI is InChI=1S/C16H24N2O4/c1-5-10-8-11(14(19)20)6-7-12(10)13(17)9-18-15(21)22-16(2,3)4/h6-8,13H,5,9,17H2,1-4H3,(H,18,21)(H,19,20). The number of nitrogens with two attached hydrogens (primary N) is 1. The van der Waals surface area contributed by atoms with Crippen LogP contribution in [-0.4, -0.2) is 29.3 Å². The van der Waals surface area contributed by atoms with Crippen molar-refractivity contribution < 1.29 is 19.4 Å². The van der Waals surface area contributed by atoms with E-state index in [1.165, 1.54) is 6.07 Å². The lowest BCUT2D eigenvalue weighted by molar-refractivity contribution is 0.0524. The van der Waals surface area contributed by atoms with Crippen LogP contribution in [0.3, 0.4) is 0 Å². The monoisotopic (exact) mass is 308 g/mol. The van der Waals surface area contributed by atoms with E-state index in [0.717, 1.165) is 11.1 Å². The molecule has 0 heterocycles. The number of hydrogen-bond acceptors (Lipinski definition) is 4. The van der Waals surface area contributed by atoms with Crippen LogP contribution in [0, 0.1) is 0 Å². The summed E-state index contributed by atoms with van der Waals surface area (Å²) in [6.07, 6.45) is 0.138. The van der Waals surface area contributed by atoms with Crippen LogP contribution < -0.4 is 11.1 Å². The maximum absolute atomic E-state index is 11.6. The van der Waals surface area contributed by atoms with Gasteiger partial charge < -0.3 is 20.9 Å². The van der Waals surface area contributed by atoms with Crippen LogP contribution in [0.4, 0.5) is 4.79 Å². The number of carbonyl (C=O) groups is 2. The number of carboxylic acids is 1. The molecule has 1 rings (SSSR count). The van der Waals surface area contributed by atoms with E-state index < -0.39 is 23.7 Å². The molecule has 1 aromatic carbocycles. The van der Waals surface area contributed by atoms with Gasteiger partial charge >= 0.3 is 12.1 Å². The lowest BCUT2D eigenvalue weighted by Gasteiger charge is -2.21. The second-order valence-electron chi connectivity index (χ2n) is 6.06. The van der Waals surface area contributed by atoms with E-state index >= 15 is 0 Å². The predicted molar refractivity (Wildman–Crippen MR) is 83.9 cm³/mol. The molecule has 0 spiro atoms. The molecule has 22 heavy (non-hydrogen) atoms. The number of ether oxygens (including phenoxy) is 1. The Hall–Kier alpha value is -2.08. The van der Waals surface area contributed by atoms with Crippen LogP contribution in [-0.2, 0) is 11.2 Å². The van der Waals surface area contributed by atoms with E-state index in [1.807, 2.05) is 6.92 Å². The van der Waals surface area contributed by atoms with Gasteiger partial charge in [-0.15, -0.1) is 0 Å². The fourth-order valence-electron chi connectivity index (χ4n) is 2.02. The summed E-state index contributed by atoms with van der Waals surface area (Å²) in [5.74, 6) is -0.971. The average Bonchev–Trinajstić information content (AvgIpc) is 2.42. The van der Waals surface area contributed by atoms with Crippen molar-refractivity contribution in [3.8, 4) is 0 Å². The van der Waals surface area contributed by atoms with E-state index in [-0.39, 0.29) is 12.1 Å². The molecule has 0 radical (unpaired) electrons. The number of aromatic carboxylic acids is 1. The summed E-state index contributed by atoms with van der Waals surface area (Å²) < 4.78 is 5.15. The van der Waals surface area contributed by atoms with Crippen LogP contribution in [0.15, 0.2) is 18.2 Å². The molecule has 1 aromatic rings. The predicted octanol–water partition coefficient (Wildman–Crippen LogP) is 2.47. The van der Waals surface area contributed by atoms with Crippen LogP contribution in [0.5, 0.6) is 0 Å².